The van der Waals surface area contributed by atoms with Crippen LogP contribution in [0.4, 0.5) is 0 Å². The van der Waals surface area contributed by atoms with Gasteiger partial charge >= 0.3 is 0 Å². The molecule has 0 aliphatic carbocycles. The first kappa shape index (κ1) is 10.2. The molecular formula is C13H18N2. The lowest BCUT2D eigenvalue weighted by Crippen LogP contribution is -2.24. The molecule has 0 spiro atoms. The van der Waals surface area contributed by atoms with E-state index in [1.807, 2.05) is 0 Å². The van der Waals surface area contributed by atoms with Gasteiger partial charge in [-0.05, 0) is 24.5 Å². The van der Waals surface area contributed by atoms with Crippen molar-refractivity contribution in [1.82, 2.24) is 4.90 Å². The molecule has 0 saturated carbocycles. The second-order valence-electron chi connectivity index (χ2n) is 4.18. The summed E-state index contributed by atoms with van der Waals surface area (Å²) in [5, 5.41) is 0. The fourth-order valence-corrected chi connectivity index (χ4v) is 1.97. The maximum Gasteiger partial charge on any atom is 0.0990 e. The minimum Gasteiger partial charge on any atom is -0.359 e. The number of rotatable bonds is 2. The van der Waals surface area contributed by atoms with Gasteiger partial charge in [0.05, 0.1) is 5.84 Å². The van der Waals surface area contributed by atoms with Crippen molar-refractivity contribution >= 4 is 5.84 Å². The van der Waals surface area contributed by atoms with Crippen LogP contribution in [0.2, 0.25) is 0 Å². The van der Waals surface area contributed by atoms with Crippen molar-refractivity contribution in [2.75, 3.05) is 13.6 Å². The average molecular weight is 202 g/mol. The first-order chi connectivity index (χ1) is 7.27. The van der Waals surface area contributed by atoms with E-state index in [9.17, 15) is 0 Å². The van der Waals surface area contributed by atoms with E-state index in [4.69, 9.17) is 0 Å². The molecule has 1 aliphatic heterocycles. The Balaban J connectivity index is 2.05. The Morgan fingerprint density at radius 3 is 2.80 bits per heavy atom. The third-order valence-corrected chi connectivity index (χ3v) is 2.96. The molecule has 0 unspecified atom stereocenters. The van der Waals surface area contributed by atoms with Gasteiger partial charge in [0.1, 0.15) is 0 Å². The Kier molecular flexibility index (Phi) is 3.05. The normalized spacial score (nSPS) is 15.2. The molecule has 0 saturated heterocycles. The Morgan fingerprint density at radius 1 is 1.33 bits per heavy atom. The molecule has 2 heteroatoms. The number of aryl methyl sites for hydroxylation is 1. The summed E-state index contributed by atoms with van der Waals surface area (Å²) in [6.45, 7) is 4.15. The number of amidine groups is 1. The summed E-state index contributed by atoms with van der Waals surface area (Å²) in [5.74, 6) is 1.26. The number of benzene rings is 1. The van der Waals surface area contributed by atoms with Gasteiger partial charge in [0.25, 0.3) is 0 Å². The zero-order valence-corrected chi connectivity index (χ0v) is 9.53. The van der Waals surface area contributed by atoms with E-state index >= 15 is 0 Å². The van der Waals surface area contributed by atoms with E-state index in [1.165, 1.54) is 23.4 Å². The second-order valence-corrected chi connectivity index (χ2v) is 4.18. The van der Waals surface area contributed by atoms with E-state index in [-0.39, 0.29) is 0 Å². The number of aliphatic imine (C=N–C) groups is 1. The Labute approximate surface area is 91.6 Å². The van der Waals surface area contributed by atoms with E-state index in [1.54, 1.807) is 0 Å². The van der Waals surface area contributed by atoms with Gasteiger partial charge in [0.15, 0.2) is 0 Å². The summed E-state index contributed by atoms with van der Waals surface area (Å²) in [6, 6.07) is 8.56. The molecule has 0 atom stereocenters. The Hall–Kier alpha value is -1.31. The zero-order valence-electron chi connectivity index (χ0n) is 9.53. The molecule has 2 rings (SSSR count). The quantitative estimate of drug-likeness (QED) is 0.719. The molecule has 0 radical (unpaired) electrons. The number of hydrogen-bond acceptors (Lipinski definition) is 2. The van der Waals surface area contributed by atoms with Gasteiger partial charge in [-0.15, -0.1) is 0 Å². The predicted octanol–water partition coefficient (Wildman–Crippen LogP) is 2.62. The van der Waals surface area contributed by atoms with Crippen molar-refractivity contribution < 1.29 is 0 Å². The van der Waals surface area contributed by atoms with Crippen LogP contribution < -0.4 is 0 Å². The van der Waals surface area contributed by atoms with E-state index in [2.05, 4.69) is 48.1 Å². The van der Waals surface area contributed by atoms with Crippen LogP contribution in [-0.2, 0) is 6.54 Å². The van der Waals surface area contributed by atoms with Gasteiger partial charge in [-0.25, -0.2) is 0 Å². The van der Waals surface area contributed by atoms with Crippen LogP contribution in [0.1, 0.15) is 24.0 Å². The van der Waals surface area contributed by atoms with E-state index in [0.29, 0.717) is 0 Å². The lowest BCUT2D eigenvalue weighted by Gasteiger charge is -2.20. The minimum atomic E-state index is 0.978. The minimum absolute atomic E-state index is 0.978. The molecule has 0 N–H and O–H groups in total. The average Bonchev–Trinajstić information content (AvgIpc) is 2.74. The lowest BCUT2D eigenvalue weighted by molar-refractivity contribution is 0.491. The standard InChI is InChI=1S/C13H18N2/c1-11-6-3-4-7-12(11)10-15(2)13-8-5-9-14-13/h3-4,6-7H,5,8-10H2,1-2H3. The van der Waals surface area contributed by atoms with Crippen LogP contribution in [0.5, 0.6) is 0 Å². The molecule has 1 aromatic carbocycles. The molecule has 15 heavy (non-hydrogen) atoms. The lowest BCUT2D eigenvalue weighted by atomic mass is 10.1. The van der Waals surface area contributed by atoms with Crippen LogP contribution in [0, 0.1) is 6.92 Å². The molecule has 0 fully saturated rings. The summed E-state index contributed by atoms with van der Waals surface area (Å²) in [4.78, 5) is 6.78. The van der Waals surface area contributed by atoms with Gasteiger partial charge in [0.2, 0.25) is 0 Å². The zero-order chi connectivity index (χ0) is 10.7. The van der Waals surface area contributed by atoms with Crippen LogP contribution in [0.25, 0.3) is 0 Å². The van der Waals surface area contributed by atoms with Crippen molar-refractivity contribution in [1.29, 1.82) is 0 Å². The fraction of sp³-hybridized carbons (Fsp3) is 0.462. The Bertz CT molecular complexity index is 369. The number of hydrogen-bond donors (Lipinski definition) is 0. The summed E-state index contributed by atoms with van der Waals surface area (Å²) >= 11 is 0. The predicted molar refractivity (Wildman–Crippen MR) is 64.2 cm³/mol. The third kappa shape index (κ3) is 2.38. The van der Waals surface area contributed by atoms with Crippen molar-refractivity contribution in [3.05, 3.63) is 35.4 Å². The maximum atomic E-state index is 4.50. The van der Waals surface area contributed by atoms with Gasteiger partial charge in [-0.2, -0.15) is 0 Å². The van der Waals surface area contributed by atoms with Crippen molar-refractivity contribution in [3.63, 3.8) is 0 Å². The van der Waals surface area contributed by atoms with Crippen LogP contribution >= 0.6 is 0 Å². The maximum absolute atomic E-state index is 4.50. The first-order valence-electron chi connectivity index (χ1n) is 5.56. The van der Waals surface area contributed by atoms with E-state index < -0.39 is 0 Å². The van der Waals surface area contributed by atoms with Gasteiger partial charge < -0.3 is 4.90 Å². The molecule has 80 valence electrons. The monoisotopic (exact) mass is 202 g/mol. The molecule has 2 nitrogen and oxygen atoms in total. The third-order valence-electron chi connectivity index (χ3n) is 2.96. The van der Waals surface area contributed by atoms with Gasteiger partial charge in [-0.3, -0.25) is 4.99 Å². The summed E-state index contributed by atoms with van der Waals surface area (Å²) < 4.78 is 0. The summed E-state index contributed by atoms with van der Waals surface area (Å²) in [5.41, 5.74) is 2.76. The largest absolute Gasteiger partial charge is 0.359 e. The van der Waals surface area contributed by atoms with Crippen molar-refractivity contribution in [2.24, 2.45) is 4.99 Å². The van der Waals surface area contributed by atoms with Crippen LogP contribution in [-0.4, -0.2) is 24.3 Å². The van der Waals surface area contributed by atoms with Crippen LogP contribution in [0.3, 0.4) is 0 Å². The molecule has 0 bridgehead atoms. The molecule has 1 aromatic rings. The highest BCUT2D eigenvalue weighted by Gasteiger charge is 2.11. The highest BCUT2D eigenvalue weighted by atomic mass is 15.2. The van der Waals surface area contributed by atoms with Crippen molar-refractivity contribution in [2.45, 2.75) is 26.3 Å². The topological polar surface area (TPSA) is 15.6 Å². The molecule has 1 heterocycles. The van der Waals surface area contributed by atoms with Crippen molar-refractivity contribution in [3.8, 4) is 0 Å². The molecule has 0 aromatic heterocycles. The molecular weight excluding hydrogens is 184 g/mol. The van der Waals surface area contributed by atoms with Crippen LogP contribution in [0.15, 0.2) is 29.3 Å². The number of nitrogens with zero attached hydrogens (tertiary/aromatic N) is 2. The summed E-state index contributed by atoms with van der Waals surface area (Å²) in [7, 11) is 2.14. The molecule has 1 aliphatic rings. The highest BCUT2D eigenvalue weighted by Crippen LogP contribution is 2.13. The molecule has 0 amide bonds. The van der Waals surface area contributed by atoms with Gasteiger partial charge in [0, 0.05) is 26.6 Å². The van der Waals surface area contributed by atoms with Gasteiger partial charge in [-0.1, -0.05) is 24.3 Å². The Morgan fingerprint density at radius 2 is 2.13 bits per heavy atom. The van der Waals surface area contributed by atoms with E-state index in [0.717, 1.165) is 19.5 Å². The summed E-state index contributed by atoms with van der Waals surface area (Å²) in [6.07, 6.45) is 2.36. The smallest absolute Gasteiger partial charge is 0.0990 e. The fourth-order valence-electron chi connectivity index (χ4n) is 1.97. The second kappa shape index (κ2) is 4.47. The highest BCUT2D eigenvalue weighted by molar-refractivity contribution is 5.83. The first-order valence-corrected chi connectivity index (χ1v) is 5.56. The SMILES string of the molecule is Cc1ccccc1CN(C)C1=NCCC1.